The molecule has 5 nitrogen and oxygen atoms in total. The summed E-state index contributed by atoms with van der Waals surface area (Å²) in [5, 5.41) is 7.53. The van der Waals surface area contributed by atoms with Crippen molar-refractivity contribution in [2.75, 3.05) is 38.2 Å². The van der Waals surface area contributed by atoms with Crippen molar-refractivity contribution < 1.29 is 4.74 Å². The smallest absolute Gasteiger partial charge is 0.122 e. The number of benzene rings is 2. The van der Waals surface area contributed by atoms with Gasteiger partial charge in [-0.25, -0.2) is 0 Å². The van der Waals surface area contributed by atoms with Crippen LogP contribution in [-0.4, -0.2) is 44.0 Å². The van der Waals surface area contributed by atoms with Crippen LogP contribution in [0.1, 0.15) is 36.5 Å². The van der Waals surface area contributed by atoms with Crippen LogP contribution in [-0.2, 0) is 13.0 Å². The molecule has 0 atom stereocenters. The Morgan fingerprint density at radius 2 is 1.79 bits per heavy atom. The van der Waals surface area contributed by atoms with E-state index in [0.29, 0.717) is 0 Å². The van der Waals surface area contributed by atoms with Crippen molar-refractivity contribution >= 4 is 11.5 Å². The lowest BCUT2D eigenvalue weighted by Crippen LogP contribution is -2.41. The van der Waals surface area contributed by atoms with Crippen LogP contribution in [0.5, 0.6) is 5.75 Å². The lowest BCUT2D eigenvalue weighted by atomic mass is 9.81. The Bertz CT molecular complexity index is 869. The summed E-state index contributed by atoms with van der Waals surface area (Å²) in [5.41, 5.74) is 10.6. The van der Waals surface area contributed by atoms with Crippen molar-refractivity contribution in [3.05, 3.63) is 59.2 Å². The van der Waals surface area contributed by atoms with Gasteiger partial charge in [0, 0.05) is 42.8 Å². The maximum Gasteiger partial charge on any atom is 0.122 e. The van der Waals surface area contributed by atoms with Crippen molar-refractivity contribution in [2.24, 2.45) is 11.1 Å². The van der Waals surface area contributed by atoms with E-state index in [1.54, 1.807) is 0 Å². The summed E-state index contributed by atoms with van der Waals surface area (Å²) in [6.07, 6.45) is 3.34. The van der Waals surface area contributed by atoms with E-state index in [2.05, 4.69) is 54.1 Å². The zero-order valence-electron chi connectivity index (χ0n) is 17.6. The normalized spacial score (nSPS) is 18.9. The molecule has 2 heterocycles. The average Bonchev–Trinajstić information content (AvgIpc) is 2.73. The predicted molar refractivity (Wildman–Crippen MR) is 119 cm³/mol. The number of nitrogens with zero attached hydrogens (tertiary/aromatic N) is 2. The lowest BCUT2D eigenvalue weighted by Gasteiger charge is -2.40. The third kappa shape index (κ3) is 4.56. The van der Waals surface area contributed by atoms with E-state index >= 15 is 0 Å². The quantitative estimate of drug-likeness (QED) is 0.602. The van der Waals surface area contributed by atoms with Crippen molar-refractivity contribution in [1.82, 2.24) is 4.90 Å². The summed E-state index contributed by atoms with van der Waals surface area (Å²) in [6.45, 7) is 7.30. The van der Waals surface area contributed by atoms with Crippen LogP contribution in [0.15, 0.2) is 42.5 Å². The molecule has 1 fully saturated rings. The Morgan fingerprint density at radius 3 is 2.48 bits per heavy atom. The topological polar surface area (TPSA) is 65.6 Å². The minimum Gasteiger partial charge on any atom is -0.493 e. The maximum atomic E-state index is 7.53. The largest absolute Gasteiger partial charge is 0.493 e. The van der Waals surface area contributed by atoms with Crippen LogP contribution >= 0.6 is 0 Å². The fourth-order valence-electron chi connectivity index (χ4n) is 4.32. The second-order valence-corrected chi connectivity index (χ2v) is 8.97. The van der Waals surface area contributed by atoms with Crippen molar-refractivity contribution in [2.45, 2.75) is 32.7 Å². The van der Waals surface area contributed by atoms with E-state index in [9.17, 15) is 0 Å². The zero-order valence-corrected chi connectivity index (χ0v) is 17.6. The van der Waals surface area contributed by atoms with Crippen LogP contribution < -0.4 is 15.4 Å². The first-order valence-corrected chi connectivity index (χ1v) is 10.5. The van der Waals surface area contributed by atoms with Gasteiger partial charge < -0.3 is 20.3 Å². The Labute approximate surface area is 174 Å². The van der Waals surface area contributed by atoms with Gasteiger partial charge in [-0.3, -0.25) is 5.41 Å². The molecule has 5 heteroatoms. The standard InChI is InChI=1S/C24H32N4O/c1-24(17-29-22-8-5-18-9-12-27(2)16-20(18)15-22)10-13-28(14-11-24)21-6-3-19(4-7-21)23(25)26/h3-8,15H,9-14,16-17H2,1-2H3,(H3,25,26). The molecule has 154 valence electrons. The van der Waals surface area contributed by atoms with E-state index in [1.165, 1.54) is 16.8 Å². The molecule has 2 aromatic rings. The molecule has 0 aromatic heterocycles. The average molecular weight is 393 g/mol. The SMILES string of the molecule is CN1CCc2ccc(OCC3(C)CCN(c4ccc(C(=N)N)cc4)CC3)cc2C1. The van der Waals surface area contributed by atoms with Crippen molar-refractivity contribution in [3.63, 3.8) is 0 Å². The highest BCUT2D eigenvalue weighted by molar-refractivity contribution is 5.95. The third-order valence-electron chi connectivity index (χ3n) is 6.48. The number of likely N-dealkylation sites (N-methyl/N-ethyl adjacent to an activating group) is 1. The van der Waals surface area contributed by atoms with Gasteiger partial charge in [-0.1, -0.05) is 13.0 Å². The Morgan fingerprint density at radius 1 is 1.07 bits per heavy atom. The highest BCUT2D eigenvalue weighted by Gasteiger charge is 2.31. The monoisotopic (exact) mass is 392 g/mol. The summed E-state index contributed by atoms with van der Waals surface area (Å²) in [4.78, 5) is 4.78. The first kappa shape index (κ1) is 19.8. The predicted octanol–water partition coefficient (Wildman–Crippen LogP) is 3.64. The van der Waals surface area contributed by atoms with Gasteiger partial charge in [-0.2, -0.15) is 0 Å². The van der Waals surface area contributed by atoms with Crippen LogP contribution in [0.4, 0.5) is 5.69 Å². The molecule has 2 aromatic carbocycles. The Hall–Kier alpha value is -2.53. The van der Waals surface area contributed by atoms with Gasteiger partial charge in [-0.05, 0) is 73.8 Å². The lowest BCUT2D eigenvalue weighted by molar-refractivity contribution is 0.131. The number of amidine groups is 1. The molecule has 2 aliphatic heterocycles. The number of anilines is 1. The molecule has 29 heavy (non-hydrogen) atoms. The van der Waals surface area contributed by atoms with Gasteiger partial charge in [0.25, 0.3) is 0 Å². The minimum atomic E-state index is 0.119. The van der Waals surface area contributed by atoms with Gasteiger partial charge in [0.15, 0.2) is 0 Å². The zero-order chi connectivity index (χ0) is 20.4. The number of hydrogen-bond acceptors (Lipinski definition) is 4. The minimum absolute atomic E-state index is 0.119. The summed E-state index contributed by atoms with van der Waals surface area (Å²) < 4.78 is 6.26. The van der Waals surface area contributed by atoms with Gasteiger partial charge >= 0.3 is 0 Å². The molecular formula is C24H32N4O. The van der Waals surface area contributed by atoms with E-state index in [0.717, 1.165) is 63.4 Å². The van der Waals surface area contributed by atoms with Crippen LogP contribution in [0.25, 0.3) is 0 Å². The number of rotatable bonds is 5. The van der Waals surface area contributed by atoms with E-state index < -0.39 is 0 Å². The summed E-state index contributed by atoms with van der Waals surface area (Å²) >= 11 is 0. The molecule has 0 radical (unpaired) electrons. The molecular weight excluding hydrogens is 360 g/mol. The van der Waals surface area contributed by atoms with Gasteiger partial charge in [0.05, 0.1) is 6.61 Å². The maximum absolute atomic E-state index is 7.53. The highest BCUT2D eigenvalue weighted by Crippen LogP contribution is 2.34. The fraction of sp³-hybridized carbons (Fsp3) is 0.458. The molecule has 0 aliphatic carbocycles. The molecule has 0 unspecified atom stereocenters. The summed E-state index contributed by atoms with van der Waals surface area (Å²) in [6, 6.07) is 14.6. The molecule has 0 amide bonds. The molecule has 4 rings (SSSR count). The number of nitrogens with one attached hydrogen (secondary N) is 1. The highest BCUT2D eigenvalue weighted by atomic mass is 16.5. The molecule has 3 N–H and O–H groups in total. The third-order valence-corrected chi connectivity index (χ3v) is 6.48. The van der Waals surface area contributed by atoms with E-state index in [-0.39, 0.29) is 11.3 Å². The fourth-order valence-corrected chi connectivity index (χ4v) is 4.32. The summed E-state index contributed by atoms with van der Waals surface area (Å²) in [7, 11) is 2.18. The number of ether oxygens (including phenoxy) is 1. The van der Waals surface area contributed by atoms with Crippen molar-refractivity contribution in [3.8, 4) is 5.75 Å². The Balaban J connectivity index is 1.33. The number of hydrogen-bond donors (Lipinski definition) is 2. The second-order valence-electron chi connectivity index (χ2n) is 8.97. The number of piperidine rings is 1. The van der Waals surface area contributed by atoms with E-state index in [4.69, 9.17) is 15.9 Å². The Kier molecular flexibility index (Phi) is 5.50. The van der Waals surface area contributed by atoms with Crippen molar-refractivity contribution in [1.29, 1.82) is 5.41 Å². The second kappa shape index (κ2) is 8.07. The molecule has 0 spiro atoms. The number of nitrogen functional groups attached to an aromatic ring is 1. The number of nitrogens with two attached hydrogens (primary N) is 1. The van der Waals surface area contributed by atoms with Gasteiger partial charge in [0.2, 0.25) is 0 Å². The first-order chi connectivity index (χ1) is 13.9. The van der Waals surface area contributed by atoms with Crippen LogP contribution in [0.3, 0.4) is 0 Å². The van der Waals surface area contributed by atoms with Gasteiger partial charge in [0.1, 0.15) is 11.6 Å². The van der Waals surface area contributed by atoms with Crippen LogP contribution in [0.2, 0.25) is 0 Å². The van der Waals surface area contributed by atoms with Crippen LogP contribution in [0, 0.1) is 10.8 Å². The van der Waals surface area contributed by atoms with E-state index in [1.807, 2.05) is 12.1 Å². The number of fused-ring (bicyclic) bond motifs is 1. The first-order valence-electron chi connectivity index (χ1n) is 10.5. The molecule has 0 saturated carbocycles. The summed E-state index contributed by atoms with van der Waals surface area (Å²) in [5.74, 6) is 1.12. The molecule has 0 bridgehead atoms. The van der Waals surface area contributed by atoms with Gasteiger partial charge in [-0.15, -0.1) is 0 Å². The molecule has 1 saturated heterocycles. The molecule has 2 aliphatic rings.